The number of ether oxygens (including phenoxy) is 1. The van der Waals surface area contributed by atoms with E-state index in [-0.39, 0.29) is 0 Å². The number of benzene rings is 1. The quantitative estimate of drug-likeness (QED) is 0.869. The molecular formula is C11H12BrNO. The fourth-order valence-corrected chi connectivity index (χ4v) is 2.06. The molecule has 14 heavy (non-hydrogen) atoms. The summed E-state index contributed by atoms with van der Waals surface area (Å²) in [7, 11) is 0. The summed E-state index contributed by atoms with van der Waals surface area (Å²) >= 11 is 3.51. The van der Waals surface area contributed by atoms with Gasteiger partial charge in [0.15, 0.2) is 0 Å². The molecule has 0 radical (unpaired) electrons. The van der Waals surface area contributed by atoms with Gasteiger partial charge in [-0.2, -0.15) is 0 Å². The molecule has 0 spiro atoms. The summed E-state index contributed by atoms with van der Waals surface area (Å²) in [5, 5.41) is 1.17. The first kappa shape index (κ1) is 9.59. The van der Waals surface area contributed by atoms with Crippen molar-refractivity contribution < 1.29 is 4.74 Å². The van der Waals surface area contributed by atoms with Gasteiger partial charge in [-0.15, -0.1) is 0 Å². The number of H-pyrrole nitrogens is 1. The van der Waals surface area contributed by atoms with Crippen molar-refractivity contribution >= 4 is 26.8 Å². The maximum atomic E-state index is 5.54. The van der Waals surface area contributed by atoms with Crippen molar-refractivity contribution in [2.24, 2.45) is 0 Å². The highest BCUT2D eigenvalue weighted by molar-refractivity contribution is 9.10. The third kappa shape index (κ3) is 1.42. The average molecular weight is 254 g/mol. The third-order valence-corrected chi connectivity index (χ3v) is 2.92. The summed E-state index contributed by atoms with van der Waals surface area (Å²) < 4.78 is 6.62. The minimum atomic E-state index is 0.693. The van der Waals surface area contributed by atoms with E-state index in [0.717, 1.165) is 15.7 Å². The van der Waals surface area contributed by atoms with Crippen LogP contribution in [-0.4, -0.2) is 11.6 Å². The Labute approximate surface area is 91.4 Å². The van der Waals surface area contributed by atoms with E-state index >= 15 is 0 Å². The van der Waals surface area contributed by atoms with Gasteiger partial charge in [-0.1, -0.05) is 6.07 Å². The zero-order valence-electron chi connectivity index (χ0n) is 8.23. The van der Waals surface area contributed by atoms with Crippen LogP contribution in [0.4, 0.5) is 0 Å². The maximum Gasteiger partial charge on any atom is 0.144 e. The maximum absolute atomic E-state index is 5.54. The smallest absolute Gasteiger partial charge is 0.144 e. The van der Waals surface area contributed by atoms with E-state index < -0.39 is 0 Å². The number of fused-ring (bicyclic) bond motifs is 1. The van der Waals surface area contributed by atoms with Crippen molar-refractivity contribution in [2.45, 2.75) is 13.8 Å². The monoisotopic (exact) mass is 253 g/mol. The number of rotatable bonds is 2. The summed E-state index contributed by atoms with van der Waals surface area (Å²) in [4.78, 5) is 3.21. The molecule has 0 aliphatic heterocycles. The van der Waals surface area contributed by atoms with Crippen LogP contribution in [0.3, 0.4) is 0 Å². The lowest BCUT2D eigenvalue weighted by atomic mass is 10.1. The normalized spacial score (nSPS) is 10.8. The van der Waals surface area contributed by atoms with Crippen LogP contribution in [0, 0.1) is 6.92 Å². The molecule has 1 heterocycles. The van der Waals surface area contributed by atoms with Crippen molar-refractivity contribution in [1.29, 1.82) is 0 Å². The Morgan fingerprint density at radius 1 is 1.43 bits per heavy atom. The topological polar surface area (TPSA) is 25.0 Å². The molecule has 3 heteroatoms. The van der Waals surface area contributed by atoms with E-state index in [2.05, 4.69) is 33.9 Å². The summed E-state index contributed by atoms with van der Waals surface area (Å²) in [5.74, 6) is 0.932. The first-order valence-corrected chi connectivity index (χ1v) is 5.42. The van der Waals surface area contributed by atoms with Crippen LogP contribution >= 0.6 is 15.9 Å². The fourth-order valence-electron chi connectivity index (χ4n) is 1.62. The van der Waals surface area contributed by atoms with Crippen molar-refractivity contribution in [3.05, 3.63) is 28.4 Å². The van der Waals surface area contributed by atoms with Gasteiger partial charge in [0, 0.05) is 16.1 Å². The van der Waals surface area contributed by atoms with E-state index in [0.29, 0.717) is 6.61 Å². The lowest BCUT2D eigenvalue weighted by Crippen LogP contribution is -1.90. The Morgan fingerprint density at radius 2 is 2.21 bits per heavy atom. The van der Waals surface area contributed by atoms with E-state index in [9.17, 15) is 0 Å². The summed E-state index contributed by atoms with van der Waals surface area (Å²) in [6.45, 7) is 4.77. The highest BCUT2D eigenvalue weighted by atomic mass is 79.9. The Bertz CT molecular complexity index is 462. The highest BCUT2D eigenvalue weighted by Crippen LogP contribution is 2.33. The highest BCUT2D eigenvalue weighted by Gasteiger charge is 2.09. The molecule has 2 aromatic rings. The number of aromatic nitrogens is 1. The second kappa shape index (κ2) is 3.65. The van der Waals surface area contributed by atoms with E-state index in [4.69, 9.17) is 4.74 Å². The molecule has 0 unspecified atom stereocenters. The van der Waals surface area contributed by atoms with Crippen LogP contribution in [0.5, 0.6) is 5.75 Å². The van der Waals surface area contributed by atoms with Crippen LogP contribution in [0.2, 0.25) is 0 Å². The van der Waals surface area contributed by atoms with Gasteiger partial charge in [0.2, 0.25) is 0 Å². The predicted molar refractivity (Wildman–Crippen MR) is 61.9 cm³/mol. The summed E-state index contributed by atoms with van der Waals surface area (Å²) in [5.41, 5.74) is 2.33. The SMILES string of the molecule is CCOc1c[nH]c2c(Br)ccc(C)c12. The zero-order valence-corrected chi connectivity index (χ0v) is 9.81. The van der Waals surface area contributed by atoms with Gasteiger partial charge < -0.3 is 9.72 Å². The molecule has 2 rings (SSSR count). The van der Waals surface area contributed by atoms with Crippen molar-refractivity contribution in [3.8, 4) is 5.75 Å². The molecule has 0 bridgehead atoms. The molecule has 1 N–H and O–H groups in total. The molecule has 1 aromatic carbocycles. The molecule has 0 atom stereocenters. The summed E-state index contributed by atoms with van der Waals surface area (Å²) in [6.07, 6.45) is 1.91. The van der Waals surface area contributed by atoms with Gasteiger partial charge in [-0.3, -0.25) is 0 Å². The second-order valence-corrected chi connectivity index (χ2v) is 4.05. The Kier molecular flexibility index (Phi) is 2.50. The standard InChI is InChI=1S/C11H12BrNO/c1-3-14-9-6-13-11-8(12)5-4-7(2)10(9)11/h4-6,13H,3H2,1-2H3. The first-order chi connectivity index (χ1) is 6.74. The second-order valence-electron chi connectivity index (χ2n) is 3.20. The number of halogens is 1. The molecule has 74 valence electrons. The first-order valence-electron chi connectivity index (χ1n) is 4.63. The van der Waals surface area contributed by atoms with Crippen LogP contribution < -0.4 is 4.74 Å². The summed E-state index contributed by atoms with van der Waals surface area (Å²) in [6, 6.07) is 4.13. The number of nitrogens with one attached hydrogen (secondary N) is 1. The van der Waals surface area contributed by atoms with Crippen LogP contribution in [-0.2, 0) is 0 Å². The fraction of sp³-hybridized carbons (Fsp3) is 0.273. The van der Waals surface area contributed by atoms with Gasteiger partial charge in [0.25, 0.3) is 0 Å². The van der Waals surface area contributed by atoms with Gasteiger partial charge >= 0.3 is 0 Å². The molecule has 0 aliphatic rings. The van der Waals surface area contributed by atoms with Gasteiger partial charge in [0.05, 0.1) is 12.1 Å². The number of aryl methyl sites for hydroxylation is 1. The largest absolute Gasteiger partial charge is 0.492 e. The van der Waals surface area contributed by atoms with Gasteiger partial charge in [-0.25, -0.2) is 0 Å². The lowest BCUT2D eigenvalue weighted by Gasteiger charge is -2.03. The van der Waals surface area contributed by atoms with Crippen LogP contribution in [0.1, 0.15) is 12.5 Å². The Hall–Kier alpha value is -0.960. The number of hydrogen-bond acceptors (Lipinski definition) is 1. The molecule has 0 saturated carbocycles. The number of hydrogen-bond donors (Lipinski definition) is 1. The molecular weight excluding hydrogens is 242 g/mol. The minimum absolute atomic E-state index is 0.693. The molecule has 1 aromatic heterocycles. The van der Waals surface area contributed by atoms with E-state index in [1.807, 2.05) is 19.2 Å². The molecule has 0 amide bonds. The molecule has 0 fully saturated rings. The molecule has 0 aliphatic carbocycles. The number of aromatic amines is 1. The molecule has 2 nitrogen and oxygen atoms in total. The van der Waals surface area contributed by atoms with E-state index in [1.54, 1.807) is 0 Å². The van der Waals surface area contributed by atoms with Gasteiger partial charge in [0.1, 0.15) is 5.75 Å². The third-order valence-electron chi connectivity index (χ3n) is 2.26. The zero-order chi connectivity index (χ0) is 10.1. The average Bonchev–Trinajstić information content (AvgIpc) is 2.58. The Balaban J connectivity index is 2.70. The van der Waals surface area contributed by atoms with E-state index in [1.165, 1.54) is 10.9 Å². The van der Waals surface area contributed by atoms with Crippen LogP contribution in [0.15, 0.2) is 22.8 Å². The lowest BCUT2D eigenvalue weighted by molar-refractivity contribution is 0.344. The van der Waals surface area contributed by atoms with Crippen LogP contribution in [0.25, 0.3) is 10.9 Å². The Morgan fingerprint density at radius 3 is 2.93 bits per heavy atom. The van der Waals surface area contributed by atoms with Crippen molar-refractivity contribution in [2.75, 3.05) is 6.61 Å². The van der Waals surface area contributed by atoms with Crippen molar-refractivity contribution in [1.82, 2.24) is 4.98 Å². The predicted octanol–water partition coefficient (Wildman–Crippen LogP) is 3.64. The van der Waals surface area contributed by atoms with Gasteiger partial charge in [-0.05, 0) is 41.4 Å². The molecule has 0 saturated heterocycles. The minimum Gasteiger partial charge on any atom is -0.492 e. The van der Waals surface area contributed by atoms with Crippen molar-refractivity contribution in [3.63, 3.8) is 0 Å².